The molecule has 0 aromatic heterocycles. The number of carbonyl (C=O) groups is 1. The zero-order valence-corrected chi connectivity index (χ0v) is 15.0. The maximum atomic E-state index is 13.4. The Kier molecular flexibility index (Phi) is 5.56. The van der Waals surface area contributed by atoms with Crippen LogP contribution in [0.4, 0.5) is 15.8 Å². The second-order valence-corrected chi connectivity index (χ2v) is 6.23. The quantitative estimate of drug-likeness (QED) is 0.823. The summed E-state index contributed by atoms with van der Waals surface area (Å²) in [5, 5.41) is 2.96. The molecular formula is C21H22FN3O. The molecule has 134 valence electrons. The average molecular weight is 351 g/mol. The Morgan fingerprint density at radius 1 is 1.04 bits per heavy atom. The van der Waals surface area contributed by atoms with Crippen molar-refractivity contribution in [3.05, 3.63) is 59.9 Å². The highest BCUT2D eigenvalue weighted by Gasteiger charge is 2.27. The molecule has 1 aliphatic heterocycles. The van der Waals surface area contributed by atoms with Crippen LogP contribution in [0, 0.1) is 5.82 Å². The second-order valence-electron chi connectivity index (χ2n) is 6.23. The first-order valence-corrected chi connectivity index (χ1v) is 8.92. The third-order valence-electron chi connectivity index (χ3n) is 4.30. The normalized spacial score (nSPS) is 16.2. The number of halogens is 1. The summed E-state index contributed by atoms with van der Waals surface area (Å²) in [6.45, 7) is 3.98. The SMILES string of the molecule is CCCC(=O)NC1=Nc2ccccc2N=C(CC)C1c1ccc(F)cc1. The zero-order valence-electron chi connectivity index (χ0n) is 15.0. The van der Waals surface area contributed by atoms with Crippen molar-refractivity contribution in [1.29, 1.82) is 0 Å². The molecule has 1 amide bonds. The van der Waals surface area contributed by atoms with Crippen molar-refractivity contribution in [1.82, 2.24) is 5.32 Å². The van der Waals surface area contributed by atoms with Gasteiger partial charge in [0.15, 0.2) is 0 Å². The molecule has 0 saturated heterocycles. The maximum absolute atomic E-state index is 13.4. The highest BCUT2D eigenvalue weighted by molar-refractivity contribution is 6.17. The molecule has 0 radical (unpaired) electrons. The van der Waals surface area contributed by atoms with E-state index < -0.39 is 0 Å². The minimum atomic E-state index is -0.311. The summed E-state index contributed by atoms with van der Waals surface area (Å²) in [6.07, 6.45) is 1.88. The summed E-state index contributed by atoms with van der Waals surface area (Å²) in [5.41, 5.74) is 3.23. The first-order chi connectivity index (χ1) is 12.6. The number of amidine groups is 1. The number of nitrogens with zero attached hydrogens (tertiary/aromatic N) is 2. The number of rotatable bonds is 4. The van der Waals surface area contributed by atoms with Crippen LogP contribution in [0.25, 0.3) is 0 Å². The van der Waals surface area contributed by atoms with Gasteiger partial charge in [-0.1, -0.05) is 38.1 Å². The Bertz CT molecular complexity index is 856. The zero-order chi connectivity index (χ0) is 18.5. The van der Waals surface area contributed by atoms with Crippen LogP contribution in [0.3, 0.4) is 0 Å². The van der Waals surface area contributed by atoms with E-state index in [1.807, 2.05) is 38.1 Å². The Morgan fingerprint density at radius 2 is 1.69 bits per heavy atom. The summed E-state index contributed by atoms with van der Waals surface area (Å²) in [4.78, 5) is 21.8. The molecule has 2 aromatic rings. The monoisotopic (exact) mass is 351 g/mol. The molecular weight excluding hydrogens is 329 g/mol. The molecule has 0 bridgehead atoms. The van der Waals surface area contributed by atoms with Crippen molar-refractivity contribution < 1.29 is 9.18 Å². The van der Waals surface area contributed by atoms with Crippen molar-refractivity contribution in [3.63, 3.8) is 0 Å². The molecule has 3 rings (SSSR count). The summed E-state index contributed by atoms with van der Waals surface area (Å²) in [6, 6.07) is 13.9. The highest BCUT2D eigenvalue weighted by atomic mass is 19.1. The third-order valence-corrected chi connectivity index (χ3v) is 4.30. The van der Waals surface area contributed by atoms with Gasteiger partial charge in [-0.25, -0.2) is 9.38 Å². The van der Waals surface area contributed by atoms with Gasteiger partial charge in [0.05, 0.1) is 17.3 Å². The van der Waals surface area contributed by atoms with Crippen LogP contribution in [0.15, 0.2) is 58.5 Å². The van der Waals surface area contributed by atoms with Gasteiger partial charge in [0, 0.05) is 12.1 Å². The molecule has 1 atom stereocenters. The highest BCUT2D eigenvalue weighted by Crippen LogP contribution is 2.35. The van der Waals surface area contributed by atoms with E-state index in [0.29, 0.717) is 18.7 Å². The topological polar surface area (TPSA) is 53.8 Å². The first-order valence-electron chi connectivity index (χ1n) is 8.92. The van der Waals surface area contributed by atoms with Gasteiger partial charge in [0.2, 0.25) is 5.91 Å². The molecule has 0 saturated carbocycles. The molecule has 5 heteroatoms. The van der Waals surface area contributed by atoms with E-state index in [1.165, 1.54) is 12.1 Å². The molecule has 1 unspecified atom stereocenters. The van der Waals surface area contributed by atoms with E-state index in [1.54, 1.807) is 12.1 Å². The molecule has 0 aliphatic carbocycles. The van der Waals surface area contributed by atoms with Gasteiger partial charge in [0.25, 0.3) is 0 Å². The number of hydrogen-bond acceptors (Lipinski definition) is 3. The second kappa shape index (κ2) is 8.04. The molecule has 26 heavy (non-hydrogen) atoms. The lowest BCUT2D eigenvalue weighted by Gasteiger charge is -2.20. The number of aliphatic imine (C=N–C) groups is 2. The fourth-order valence-electron chi connectivity index (χ4n) is 3.05. The van der Waals surface area contributed by atoms with Crippen molar-refractivity contribution in [3.8, 4) is 0 Å². The Morgan fingerprint density at radius 3 is 2.31 bits per heavy atom. The van der Waals surface area contributed by atoms with Crippen LogP contribution >= 0.6 is 0 Å². The number of fused-ring (bicyclic) bond motifs is 1. The van der Waals surface area contributed by atoms with Gasteiger partial charge in [-0.3, -0.25) is 9.79 Å². The standard InChI is InChI=1S/C21H22FN3O/c1-3-7-19(26)25-21-20(14-10-12-15(22)13-11-14)16(4-2)23-17-8-5-6-9-18(17)24-21/h5-6,8-13,20H,3-4,7H2,1-2H3,(H,24,25,26). The number of carbonyl (C=O) groups excluding carboxylic acids is 1. The Hall–Kier alpha value is -2.82. The van der Waals surface area contributed by atoms with Gasteiger partial charge < -0.3 is 5.32 Å². The van der Waals surface area contributed by atoms with E-state index in [-0.39, 0.29) is 17.6 Å². The Labute approximate surface area is 152 Å². The van der Waals surface area contributed by atoms with Crippen molar-refractivity contribution in [2.45, 2.75) is 39.0 Å². The van der Waals surface area contributed by atoms with Crippen molar-refractivity contribution in [2.75, 3.05) is 0 Å². The number of amides is 1. The summed E-state index contributed by atoms with van der Waals surface area (Å²) < 4.78 is 13.4. The predicted molar refractivity (Wildman–Crippen MR) is 103 cm³/mol. The van der Waals surface area contributed by atoms with Crippen LogP contribution < -0.4 is 5.32 Å². The minimum Gasteiger partial charge on any atom is -0.313 e. The molecule has 0 spiro atoms. The lowest BCUT2D eigenvalue weighted by atomic mass is 9.91. The summed E-state index contributed by atoms with van der Waals surface area (Å²) >= 11 is 0. The van der Waals surface area contributed by atoms with Gasteiger partial charge >= 0.3 is 0 Å². The number of nitrogens with one attached hydrogen (secondary N) is 1. The fraction of sp³-hybridized carbons (Fsp3) is 0.286. The fourth-order valence-corrected chi connectivity index (χ4v) is 3.05. The van der Waals surface area contributed by atoms with Crippen LogP contribution in [-0.2, 0) is 4.79 Å². The third kappa shape index (κ3) is 3.87. The Balaban J connectivity index is 2.13. The summed E-state index contributed by atoms with van der Waals surface area (Å²) in [7, 11) is 0. The van der Waals surface area contributed by atoms with Crippen LogP contribution in [0.1, 0.15) is 44.6 Å². The first kappa shape index (κ1) is 18.0. The number of para-hydroxylation sites is 2. The predicted octanol–water partition coefficient (Wildman–Crippen LogP) is 5.05. The maximum Gasteiger partial charge on any atom is 0.225 e. The molecule has 1 N–H and O–H groups in total. The van der Waals surface area contributed by atoms with Crippen LogP contribution in [-0.4, -0.2) is 17.5 Å². The molecule has 1 heterocycles. The van der Waals surface area contributed by atoms with Crippen LogP contribution in [0.2, 0.25) is 0 Å². The summed E-state index contributed by atoms with van der Waals surface area (Å²) in [5.74, 6) is -0.142. The van der Waals surface area contributed by atoms with E-state index in [4.69, 9.17) is 9.98 Å². The largest absolute Gasteiger partial charge is 0.313 e. The lowest BCUT2D eigenvalue weighted by Crippen LogP contribution is -2.37. The van der Waals surface area contributed by atoms with E-state index in [2.05, 4.69) is 5.32 Å². The van der Waals surface area contributed by atoms with E-state index in [0.717, 1.165) is 29.1 Å². The molecule has 0 fully saturated rings. The van der Waals surface area contributed by atoms with Crippen molar-refractivity contribution >= 4 is 28.8 Å². The molecule has 1 aliphatic rings. The van der Waals surface area contributed by atoms with Gasteiger partial charge in [0.1, 0.15) is 11.7 Å². The average Bonchev–Trinajstić information content (AvgIpc) is 2.79. The van der Waals surface area contributed by atoms with Crippen LogP contribution in [0.5, 0.6) is 0 Å². The smallest absolute Gasteiger partial charge is 0.225 e. The van der Waals surface area contributed by atoms with Gasteiger partial charge in [-0.2, -0.15) is 0 Å². The lowest BCUT2D eigenvalue weighted by molar-refractivity contribution is -0.119. The molecule has 2 aromatic carbocycles. The van der Waals surface area contributed by atoms with Gasteiger partial charge in [-0.05, 0) is 42.7 Å². The minimum absolute atomic E-state index is 0.0757. The van der Waals surface area contributed by atoms with Crippen molar-refractivity contribution in [2.24, 2.45) is 9.98 Å². The van der Waals surface area contributed by atoms with E-state index in [9.17, 15) is 9.18 Å². The number of benzene rings is 2. The van der Waals surface area contributed by atoms with Gasteiger partial charge in [-0.15, -0.1) is 0 Å². The van der Waals surface area contributed by atoms with E-state index >= 15 is 0 Å². The number of hydrogen-bond donors (Lipinski definition) is 1. The molecule has 4 nitrogen and oxygen atoms in total.